The van der Waals surface area contributed by atoms with Gasteiger partial charge in [0.25, 0.3) is 0 Å². The fourth-order valence-corrected chi connectivity index (χ4v) is 3.35. The van der Waals surface area contributed by atoms with Crippen molar-refractivity contribution in [3.63, 3.8) is 0 Å². The van der Waals surface area contributed by atoms with Crippen LogP contribution in [0, 0.1) is 0 Å². The molecule has 0 saturated carbocycles. The third-order valence-electron chi connectivity index (χ3n) is 4.09. The Morgan fingerprint density at radius 2 is 1.54 bits per heavy atom. The third kappa shape index (κ3) is 4.11. The molecule has 4 rings (SSSR count). The van der Waals surface area contributed by atoms with Crippen LogP contribution in [-0.4, -0.2) is 29.6 Å². The number of pyridine rings is 1. The Morgan fingerprint density at radius 3 is 2.21 bits per heavy atom. The minimum atomic E-state index is -3.23. The van der Waals surface area contributed by atoms with Crippen molar-refractivity contribution in [1.29, 1.82) is 0 Å². The maximum absolute atomic E-state index is 11.6. The van der Waals surface area contributed by atoms with E-state index in [4.69, 9.17) is 0 Å². The highest BCUT2D eigenvalue weighted by Gasteiger charge is 2.11. The first-order chi connectivity index (χ1) is 13.0. The highest BCUT2D eigenvalue weighted by atomic mass is 35.5. The number of halogens is 1. The van der Waals surface area contributed by atoms with Gasteiger partial charge in [-0.05, 0) is 48.5 Å². The van der Waals surface area contributed by atoms with E-state index in [1.165, 1.54) is 6.26 Å². The van der Waals surface area contributed by atoms with Crippen LogP contribution in [0.4, 0.5) is 11.5 Å². The highest BCUT2D eigenvalue weighted by Crippen LogP contribution is 2.27. The Morgan fingerprint density at radius 1 is 0.857 bits per heavy atom. The molecule has 0 saturated heterocycles. The molecule has 142 valence electrons. The van der Waals surface area contributed by atoms with E-state index in [0.717, 1.165) is 22.2 Å². The van der Waals surface area contributed by atoms with Crippen LogP contribution >= 0.6 is 12.4 Å². The van der Waals surface area contributed by atoms with Crippen molar-refractivity contribution in [1.82, 2.24) is 15.0 Å². The van der Waals surface area contributed by atoms with Crippen LogP contribution in [0.1, 0.15) is 0 Å². The zero-order valence-corrected chi connectivity index (χ0v) is 16.5. The molecule has 2 aromatic heterocycles. The second kappa shape index (κ2) is 7.92. The SMILES string of the molecule is CS(=O)(=O)c1ccc(Nc2nc(-c3ccncc3)nc3ccccc23)cc1.Cl. The fourth-order valence-electron chi connectivity index (χ4n) is 2.72. The van der Waals surface area contributed by atoms with Gasteiger partial charge in [-0.15, -0.1) is 12.4 Å². The van der Waals surface area contributed by atoms with E-state index in [9.17, 15) is 8.42 Å². The first kappa shape index (κ1) is 19.7. The van der Waals surface area contributed by atoms with Crippen LogP contribution in [0.5, 0.6) is 0 Å². The number of benzene rings is 2. The first-order valence-electron chi connectivity index (χ1n) is 8.25. The highest BCUT2D eigenvalue weighted by molar-refractivity contribution is 7.90. The van der Waals surface area contributed by atoms with E-state index in [1.54, 1.807) is 36.7 Å². The minimum absolute atomic E-state index is 0. The second-order valence-electron chi connectivity index (χ2n) is 6.07. The van der Waals surface area contributed by atoms with Crippen molar-refractivity contribution < 1.29 is 8.42 Å². The first-order valence-corrected chi connectivity index (χ1v) is 10.1. The quantitative estimate of drug-likeness (QED) is 0.539. The molecule has 1 N–H and O–H groups in total. The van der Waals surface area contributed by atoms with Crippen molar-refractivity contribution in [3.05, 3.63) is 73.1 Å². The summed E-state index contributed by atoms with van der Waals surface area (Å²) in [7, 11) is -3.23. The average molecular weight is 413 g/mol. The molecule has 0 aliphatic heterocycles. The standard InChI is InChI=1S/C20H16N4O2S.ClH/c1-27(25,26)16-8-6-15(7-9-16)22-20-17-4-2-3-5-18(17)23-19(24-20)14-10-12-21-13-11-14;/h2-13H,1H3,(H,22,23,24);1H. The molecule has 0 fully saturated rings. The van der Waals surface area contributed by atoms with Crippen LogP contribution in [0.3, 0.4) is 0 Å². The van der Waals surface area contributed by atoms with Crippen molar-refractivity contribution in [2.24, 2.45) is 0 Å². The zero-order valence-electron chi connectivity index (χ0n) is 14.9. The number of para-hydroxylation sites is 1. The van der Waals surface area contributed by atoms with Gasteiger partial charge in [-0.2, -0.15) is 0 Å². The molecular weight excluding hydrogens is 396 g/mol. The molecule has 6 nitrogen and oxygen atoms in total. The maximum atomic E-state index is 11.6. The largest absolute Gasteiger partial charge is 0.340 e. The Hall–Kier alpha value is -3.03. The summed E-state index contributed by atoms with van der Waals surface area (Å²) in [4.78, 5) is 13.6. The van der Waals surface area contributed by atoms with Crippen molar-refractivity contribution in [2.45, 2.75) is 4.90 Å². The van der Waals surface area contributed by atoms with Gasteiger partial charge in [0.2, 0.25) is 0 Å². The number of sulfone groups is 1. The van der Waals surface area contributed by atoms with E-state index < -0.39 is 9.84 Å². The monoisotopic (exact) mass is 412 g/mol. The normalized spacial score (nSPS) is 11.0. The maximum Gasteiger partial charge on any atom is 0.175 e. The third-order valence-corrected chi connectivity index (χ3v) is 5.22. The van der Waals surface area contributed by atoms with Gasteiger partial charge >= 0.3 is 0 Å². The molecule has 0 aliphatic rings. The lowest BCUT2D eigenvalue weighted by molar-refractivity contribution is 0.602. The van der Waals surface area contributed by atoms with E-state index in [2.05, 4.69) is 20.3 Å². The number of hydrogen-bond donors (Lipinski definition) is 1. The summed E-state index contributed by atoms with van der Waals surface area (Å²) in [5.74, 6) is 1.24. The predicted octanol–water partition coefficient (Wildman–Crippen LogP) is 4.26. The van der Waals surface area contributed by atoms with Crippen molar-refractivity contribution in [2.75, 3.05) is 11.6 Å². The van der Waals surface area contributed by atoms with Crippen molar-refractivity contribution >= 4 is 44.7 Å². The molecule has 0 atom stereocenters. The summed E-state index contributed by atoms with van der Waals surface area (Å²) in [5, 5.41) is 4.15. The number of anilines is 2. The lowest BCUT2D eigenvalue weighted by Crippen LogP contribution is -2.00. The van der Waals surface area contributed by atoms with Crippen LogP contribution < -0.4 is 5.32 Å². The topological polar surface area (TPSA) is 84.8 Å². The van der Waals surface area contributed by atoms with Gasteiger partial charge in [-0.25, -0.2) is 18.4 Å². The molecule has 0 amide bonds. The molecule has 0 unspecified atom stereocenters. The molecular formula is C20H17ClN4O2S. The van der Waals surface area contributed by atoms with E-state index in [0.29, 0.717) is 11.6 Å². The van der Waals surface area contributed by atoms with Gasteiger partial charge in [-0.1, -0.05) is 12.1 Å². The lowest BCUT2D eigenvalue weighted by atomic mass is 10.2. The molecule has 4 aromatic rings. The summed E-state index contributed by atoms with van der Waals surface area (Å²) in [6.45, 7) is 0. The second-order valence-corrected chi connectivity index (χ2v) is 8.09. The van der Waals surface area contributed by atoms with Gasteiger partial charge in [0.15, 0.2) is 15.7 Å². The number of hydrogen-bond acceptors (Lipinski definition) is 6. The number of aromatic nitrogens is 3. The Balaban J connectivity index is 0.00000225. The van der Waals surface area contributed by atoms with Gasteiger partial charge in [0, 0.05) is 35.3 Å². The fraction of sp³-hybridized carbons (Fsp3) is 0.0500. The molecule has 0 radical (unpaired) electrons. The molecule has 0 bridgehead atoms. The van der Waals surface area contributed by atoms with Crippen molar-refractivity contribution in [3.8, 4) is 11.4 Å². The van der Waals surface area contributed by atoms with Crippen LogP contribution in [0.25, 0.3) is 22.3 Å². The van der Waals surface area contributed by atoms with Crippen LogP contribution in [0.2, 0.25) is 0 Å². The molecule has 2 heterocycles. The summed E-state index contributed by atoms with van der Waals surface area (Å²) in [6.07, 6.45) is 4.59. The van der Waals surface area contributed by atoms with E-state index in [-0.39, 0.29) is 17.3 Å². The van der Waals surface area contributed by atoms with Gasteiger partial charge in [0.1, 0.15) is 5.82 Å². The van der Waals surface area contributed by atoms with E-state index >= 15 is 0 Å². The lowest BCUT2D eigenvalue weighted by Gasteiger charge is -2.11. The Kier molecular flexibility index (Phi) is 5.58. The molecule has 2 aromatic carbocycles. The number of nitrogens with zero attached hydrogens (tertiary/aromatic N) is 3. The summed E-state index contributed by atoms with van der Waals surface area (Å²) in [6, 6.07) is 18.0. The molecule has 28 heavy (non-hydrogen) atoms. The van der Waals surface area contributed by atoms with Gasteiger partial charge in [0.05, 0.1) is 10.4 Å². The Bertz CT molecular complexity index is 1210. The number of nitrogens with one attached hydrogen (secondary N) is 1. The number of fused-ring (bicyclic) bond motifs is 1. The minimum Gasteiger partial charge on any atom is -0.340 e. The summed E-state index contributed by atoms with van der Waals surface area (Å²) in [5.41, 5.74) is 2.42. The number of rotatable bonds is 4. The predicted molar refractivity (Wildman–Crippen MR) is 113 cm³/mol. The van der Waals surface area contributed by atoms with Crippen LogP contribution in [0.15, 0.2) is 78.0 Å². The summed E-state index contributed by atoms with van der Waals surface area (Å²) >= 11 is 0. The smallest absolute Gasteiger partial charge is 0.175 e. The zero-order chi connectivity index (χ0) is 18.9. The van der Waals surface area contributed by atoms with Crippen LogP contribution in [-0.2, 0) is 9.84 Å². The molecule has 0 aliphatic carbocycles. The van der Waals surface area contributed by atoms with Gasteiger partial charge < -0.3 is 5.32 Å². The summed E-state index contributed by atoms with van der Waals surface area (Å²) < 4.78 is 23.3. The van der Waals surface area contributed by atoms with Gasteiger partial charge in [-0.3, -0.25) is 4.98 Å². The average Bonchev–Trinajstić information content (AvgIpc) is 2.68. The Labute approximate surface area is 169 Å². The van der Waals surface area contributed by atoms with E-state index in [1.807, 2.05) is 36.4 Å². The molecule has 8 heteroatoms. The molecule has 0 spiro atoms.